The SMILES string of the molecule is COc1ccc2c(c1)C(C)N(C(=O)CCc1ccco1)CC2. The second-order valence-electron chi connectivity index (χ2n) is 5.66. The van der Waals surface area contributed by atoms with E-state index in [1.165, 1.54) is 11.1 Å². The number of nitrogens with zero attached hydrogens (tertiary/aromatic N) is 1. The van der Waals surface area contributed by atoms with Gasteiger partial charge in [-0.1, -0.05) is 6.07 Å². The van der Waals surface area contributed by atoms with Crippen molar-refractivity contribution >= 4 is 5.91 Å². The van der Waals surface area contributed by atoms with Crippen LogP contribution in [-0.4, -0.2) is 24.5 Å². The van der Waals surface area contributed by atoms with Gasteiger partial charge < -0.3 is 14.1 Å². The number of hydrogen-bond acceptors (Lipinski definition) is 3. The van der Waals surface area contributed by atoms with E-state index in [1.807, 2.05) is 29.2 Å². The first kappa shape index (κ1) is 14.7. The second-order valence-corrected chi connectivity index (χ2v) is 5.66. The number of rotatable bonds is 4. The van der Waals surface area contributed by atoms with Crippen LogP contribution in [0, 0.1) is 0 Å². The largest absolute Gasteiger partial charge is 0.497 e. The molecule has 0 saturated heterocycles. The van der Waals surface area contributed by atoms with Crippen LogP contribution in [0.25, 0.3) is 0 Å². The third-order valence-corrected chi connectivity index (χ3v) is 4.38. The van der Waals surface area contributed by atoms with E-state index < -0.39 is 0 Å². The van der Waals surface area contributed by atoms with Crippen LogP contribution in [-0.2, 0) is 17.6 Å². The van der Waals surface area contributed by atoms with Crippen molar-refractivity contribution in [2.24, 2.45) is 0 Å². The monoisotopic (exact) mass is 299 g/mol. The van der Waals surface area contributed by atoms with Crippen LogP contribution in [0.2, 0.25) is 0 Å². The lowest BCUT2D eigenvalue weighted by atomic mass is 9.93. The summed E-state index contributed by atoms with van der Waals surface area (Å²) in [7, 11) is 1.67. The molecule has 0 fully saturated rings. The molecule has 1 atom stereocenters. The lowest BCUT2D eigenvalue weighted by Crippen LogP contribution is -2.38. The number of amides is 1. The molecular formula is C18H21NO3. The van der Waals surface area contributed by atoms with Gasteiger partial charge in [0.25, 0.3) is 0 Å². The average molecular weight is 299 g/mol. The maximum absolute atomic E-state index is 12.5. The zero-order valence-corrected chi connectivity index (χ0v) is 13.0. The number of carbonyl (C=O) groups excluding carboxylic acids is 1. The number of ether oxygens (including phenoxy) is 1. The van der Waals surface area contributed by atoms with Crippen LogP contribution in [0.15, 0.2) is 41.0 Å². The highest BCUT2D eigenvalue weighted by molar-refractivity contribution is 5.77. The van der Waals surface area contributed by atoms with Crippen molar-refractivity contribution in [3.63, 3.8) is 0 Å². The van der Waals surface area contributed by atoms with Crippen LogP contribution in [0.3, 0.4) is 0 Å². The zero-order chi connectivity index (χ0) is 15.5. The molecule has 0 radical (unpaired) electrons. The highest BCUT2D eigenvalue weighted by Crippen LogP contribution is 2.32. The molecule has 1 amide bonds. The summed E-state index contributed by atoms with van der Waals surface area (Å²) in [4.78, 5) is 14.5. The number of methoxy groups -OCH3 is 1. The Morgan fingerprint density at radius 3 is 3.00 bits per heavy atom. The summed E-state index contributed by atoms with van der Waals surface area (Å²) in [5.74, 6) is 1.88. The molecule has 1 aliphatic heterocycles. The van der Waals surface area contributed by atoms with Crippen LogP contribution >= 0.6 is 0 Å². The minimum atomic E-state index is 0.0861. The minimum absolute atomic E-state index is 0.0861. The Balaban J connectivity index is 1.71. The van der Waals surface area contributed by atoms with Gasteiger partial charge in [0.05, 0.1) is 19.4 Å². The molecule has 0 aliphatic carbocycles. The number of fused-ring (bicyclic) bond motifs is 1. The van der Waals surface area contributed by atoms with Crippen molar-refractivity contribution in [3.05, 3.63) is 53.5 Å². The Kier molecular flexibility index (Phi) is 4.18. The molecule has 116 valence electrons. The molecule has 0 saturated carbocycles. The predicted octanol–water partition coefficient (Wildman–Crippen LogP) is 3.37. The van der Waals surface area contributed by atoms with E-state index in [0.29, 0.717) is 12.8 Å². The lowest BCUT2D eigenvalue weighted by Gasteiger charge is -2.35. The fourth-order valence-electron chi connectivity index (χ4n) is 3.09. The number of furan rings is 1. The summed E-state index contributed by atoms with van der Waals surface area (Å²) in [5.41, 5.74) is 2.50. The Bertz CT molecular complexity index is 648. The Morgan fingerprint density at radius 1 is 1.41 bits per heavy atom. The van der Waals surface area contributed by atoms with Crippen LogP contribution < -0.4 is 4.74 Å². The van der Waals surface area contributed by atoms with Crippen molar-refractivity contribution in [2.75, 3.05) is 13.7 Å². The van der Waals surface area contributed by atoms with Gasteiger partial charge in [-0.05, 0) is 48.7 Å². The molecule has 2 heterocycles. The smallest absolute Gasteiger partial charge is 0.223 e. The first-order valence-electron chi connectivity index (χ1n) is 7.67. The van der Waals surface area contributed by atoms with Gasteiger partial charge in [-0.25, -0.2) is 0 Å². The van der Waals surface area contributed by atoms with E-state index in [9.17, 15) is 4.79 Å². The van der Waals surface area contributed by atoms with Crippen molar-refractivity contribution in [1.82, 2.24) is 4.90 Å². The van der Waals surface area contributed by atoms with E-state index in [1.54, 1.807) is 13.4 Å². The fourth-order valence-corrected chi connectivity index (χ4v) is 3.09. The molecule has 2 aromatic rings. The number of hydrogen-bond donors (Lipinski definition) is 0. The fraction of sp³-hybridized carbons (Fsp3) is 0.389. The summed E-state index contributed by atoms with van der Waals surface area (Å²) in [6, 6.07) is 9.99. The van der Waals surface area contributed by atoms with Gasteiger partial charge in [-0.3, -0.25) is 4.79 Å². The first-order chi connectivity index (χ1) is 10.7. The molecule has 1 aromatic heterocycles. The third-order valence-electron chi connectivity index (χ3n) is 4.38. The van der Waals surface area contributed by atoms with Gasteiger partial charge in [0.2, 0.25) is 5.91 Å². The normalized spacial score (nSPS) is 17.2. The summed E-state index contributed by atoms with van der Waals surface area (Å²) < 4.78 is 10.6. The minimum Gasteiger partial charge on any atom is -0.497 e. The number of carbonyl (C=O) groups is 1. The molecular weight excluding hydrogens is 278 g/mol. The summed E-state index contributed by atoms with van der Waals surface area (Å²) >= 11 is 0. The molecule has 4 heteroatoms. The standard InChI is InChI=1S/C18H21NO3/c1-13-17-12-16(21-2)6-5-14(17)9-10-19(13)18(20)8-7-15-4-3-11-22-15/h3-6,11-13H,7-10H2,1-2H3. The van der Waals surface area contributed by atoms with Crippen molar-refractivity contribution in [1.29, 1.82) is 0 Å². The molecule has 1 aliphatic rings. The van der Waals surface area contributed by atoms with Crippen molar-refractivity contribution < 1.29 is 13.9 Å². The topological polar surface area (TPSA) is 42.7 Å². The van der Waals surface area contributed by atoms with Gasteiger partial charge in [-0.15, -0.1) is 0 Å². The van der Waals surface area contributed by atoms with E-state index in [4.69, 9.17) is 9.15 Å². The molecule has 0 N–H and O–H groups in total. The van der Waals surface area contributed by atoms with Gasteiger partial charge in [-0.2, -0.15) is 0 Å². The van der Waals surface area contributed by atoms with Crippen molar-refractivity contribution in [3.8, 4) is 5.75 Å². The summed E-state index contributed by atoms with van der Waals surface area (Å²) in [6.45, 7) is 2.86. The van der Waals surface area contributed by atoms with Crippen LogP contribution in [0.1, 0.15) is 36.3 Å². The molecule has 0 spiro atoms. The average Bonchev–Trinajstić information content (AvgIpc) is 3.06. The maximum atomic E-state index is 12.5. The maximum Gasteiger partial charge on any atom is 0.223 e. The Labute approximate surface area is 130 Å². The third kappa shape index (κ3) is 2.86. The van der Waals surface area contributed by atoms with E-state index >= 15 is 0 Å². The summed E-state index contributed by atoms with van der Waals surface area (Å²) in [5, 5.41) is 0. The van der Waals surface area contributed by atoms with Crippen LogP contribution in [0.5, 0.6) is 5.75 Å². The van der Waals surface area contributed by atoms with Gasteiger partial charge in [0.1, 0.15) is 11.5 Å². The molecule has 4 nitrogen and oxygen atoms in total. The van der Waals surface area contributed by atoms with Crippen molar-refractivity contribution in [2.45, 2.75) is 32.2 Å². The Morgan fingerprint density at radius 2 is 2.27 bits per heavy atom. The van der Waals surface area contributed by atoms with Gasteiger partial charge in [0.15, 0.2) is 0 Å². The summed E-state index contributed by atoms with van der Waals surface area (Å²) in [6.07, 6.45) is 3.68. The van der Waals surface area contributed by atoms with Gasteiger partial charge in [0, 0.05) is 19.4 Å². The first-order valence-corrected chi connectivity index (χ1v) is 7.67. The lowest BCUT2D eigenvalue weighted by molar-refractivity contribution is -0.133. The van der Waals surface area contributed by atoms with Gasteiger partial charge >= 0.3 is 0 Å². The zero-order valence-electron chi connectivity index (χ0n) is 13.0. The molecule has 3 rings (SSSR count). The molecule has 1 unspecified atom stereocenters. The highest BCUT2D eigenvalue weighted by Gasteiger charge is 2.27. The van der Waals surface area contributed by atoms with Crippen LogP contribution in [0.4, 0.5) is 0 Å². The quantitative estimate of drug-likeness (QED) is 0.869. The molecule has 22 heavy (non-hydrogen) atoms. The highest BCUT2D eigenvalue weighted by atomic mass is 16.5. The second kappa shape index (κ2) is 6.26. The Hall–Kier alpha value is -2.23. The molecule has 0 bridgehead atoms. The van der Waals surface area contributed by atoms with E-state index in [2.05, 4.69) is 13.0 Å². The predicted molar refractivity (Wildman–Crippen MR) is 83.9 cm³/mol. The number of benzene rings is 1. The molecule has 1 aromatic carbocycles. The number of aryl methyl sites for hydroxylation is 1. The van der Waals surface area contributed by atoms with E-state index in [-0.39, 0.29) is 11.9 Å². The van der Waals surface area contributed by atoms with E-state index in [0.717, 1.165) is 24.5 Å².